The highest BCUT2D eigenvalue weighted by atomic mass is 19.4. The molecule has 0 atom stereocenters. The third-order valence-electron chi connectivity index (χ3n) is 3.96. The zero-order valence-corrected chi connectivity index (χ0v) is 14.5. The van der Waals surface area contributed by atoms with Crippen molar-refractivity contribution in [3.8, 4) is 5.69 Å². The molecule has 1 heterocycles. The van der Waals surface area contributed by atoms with Crippen LogP contribution in [0, 0.1) is 15.9 Å². The molecule has 1 N–H and O–H groups in total. The number of hydrogen-bond acceptors (Lipinski definition) is 4. The molecule has 3 aromatic rings. The fourth-order valence-corrected chi connectivity index (χ4v) is 2.55. The van der Waals surface area contributed by atoms with Gasteiger partial charge in [-0.1, -0.05) is 6.07 Å². The van der Waals surface area contributed by atoms with E-state index in [0.29, 0.717) is 11.8 Å². The molecular formula is C18H12F4N4O3. The Morgan fingerprint density at radius 1 is 1.14 bits per heavy atom. The largest absolute Gasteiger partial charge is 0.416 e. The molecule has 0 spiro atoms. The molecule has 3 rings (SSSR count). The maximum absolute atomic E-state index is 13.1. The molecule has 0 aliphatic carbocycles. The van der Waals surface area contributed by atoms with E-state index >= 15 is 0 Å². The lowest BCUT2D eigenvalue weighted by molar-refractivity contribution is -0.384. The summed E-state index contributed by atoms with van der Waals surface area (Å²) in [7, 11) is 0. The van der Waals surface area contributed by atoms with E-state index in [4.69, 9.17) is 0 Å². The van der Waals surface area contributed by atoms with Gasteiger partial charge in [0.1, 0.15) is 5.82 Å². The summed E-state index contributed by atoms with van der Waals surface area (Å²) in [6, 6.07) is 8.93. The van der Waals surface area contributed by atoms with Crippen molar-refractivity contribution >= 4 is 11.6 Å². The van der Waals surface area contributed by atoms with Gasteiger partial charge in [0.05, 0.1) is 16.2 Å². The van der Waals surface area contributed by atoms with Crippen LogP contribution in [-0.4, -0.2) is 20.6 Å². The van der Waals surface area contributed by atoms with E-state index in [1.165, 1.54) is 41.2 Å². The number of nitro benzene ring substituents is 1. The first kappa shape index (κ1) is 20.0. The molecule has 2 aromatic carbocycles. The topological polar surface area (TPSA) is 90.1 Å². The predicted octanol–water partition coefficient (Wildman–Crippen LogP) is 3.87. The normalized spacial score (nSPS) is 11.3. The van der Waals surface area contributed by atoms with Crippen molar-refractivity contribution in [2.75, 3.05) is 0 Å². The van der Waals surface area contributed by atoms with Gasteiger partial charge in [0.15, 0.2) is 5.69 Å². The number of carbonyl (C=O) groups excluding carboxylic acids is 1. The molecule has 7 nitrogen and oxygen atoms in total. The highest BCUT2D eigenvalue weighted by Gasteiger charge is 2.33. The zero-order chi connectivity index (χ0) is 21.2. The third kappa shape index (κ3) is 4.57. The van der Waals surface area contributed by atoms with Gasteiger partial charge in [-0.2, -0.15) is 18.3 Å². The van der Waals surface area contributed by atoms with Gasteiger partial charge >= 0.3 is 6.18 Å². The van der Waals surface area contributed by atoms with Crippen molar-refractivity contribution < 1.29 is 27.3 Å². The highest BCUT2D eigenvalue weighted by Crippen LogP contribution is 2.32. The Hall–Kier alpha value is -3.76. The van der Waals surface area contributed by atoms with Gasteiger partial charge in [-0.25, -0.2) is 9.07 Å². The number of nitro groups is 1. The van der Waals surface area contributed by atoms with Crippen LogP contribution in [0.5, 0.6) is 0 Å². The maximum Gasteiger partial charge on any atom is 0.416 e. The number of nitrogens with one attached hydrogen (secondary N) is 1. The Morgan fingerprint density at radius 2 is 1.83 bits per heavy atom. The summed E-state index contributed by atoms with van der Waals surface area (Å²) >= 11 is 0. The molecule has 0 aliphatic rings. The van der Waals surface area contributed by atoms with Crippen LogP contribution in [0.4, 0.5) is 23.2 Å². The van der Waals surface area contributed by atoms with Crippen molar-refractivity contribution in [3.05, 3.63) is 87.5 Å². The van der Waals surface area contributed by atoms with E-state index in [9.17, 15) is 32.5 Å². The van der Waals surface area contributed by atoms with E-state index in [0.717, 1.165) is 12.1 Å². The van der Waals surface area contributed by atoms with Gasteiger partial charge in [-0.15, -0.1) is 0 Å². The molecule has 0 saturated heterocycles. The second-order valence-electron chi connectivity index (χ2n) is 5.90. The number of alkyl halides is 3. The van der Waals surface area contributed by atoms with E-state index < -0.39 is 34.9 Å². The molecule has 29 heavy (non-hydrogen) atoms. The number of non-ortho nitro benzene ring substituents is 1. The smallest absolute Gasteiger partial charge is 0.347 e. The first-order valence-corrected chi connectivity index (χ1v) is 8.09. The Labute approximate surface area is 160 Å². The van der Waals surface area contributed by atoms with Crippen molar-refractivity contribution in [2.45, 2.75) is 12.7 Å². The average molecular weight is 408 g/mol. The van der Waals surface area contributed by atoms with Crippen LogP contribution >= 0.6 is 0 Å². The minimum atomic E-state index is -4.76. The Balaban J connectivity index is 1.72. The van der Waals surface area contributed by atoms with Gasteiger partial charge in [0.2, 0.25) is 0 Å². The van der Waals surface area contributed by atoms with E-state index in [-0.39, 0.29) is 16.9 Å². The minimum Gasteiger partial charge on any atom is -0.347 e. The van der Waals surface area contributed by atoms with Crippen LogP contribution in [-0.2, 0) is 12.7 Å². The standard InChI is InChI=1S/C18H12F4N4O3/c19-12-2-1-11(15(9-12)18(20,21)22)10-23-17(27)16-7-8-25(24-16)13-3-5-14(6-4-13)26(28)29/h1-9H,10H2,(H,23,27). The molecule has 0 bridgehead atoms. The quantitative estimate of drug-likeness (QED) is 0.394. The number of aromatic nitrogens is 2. The monoisotopic (exact) mass is 408 g/mol. The van der Waals surface area contributed by atoms with Gasteiger partial charge < -0.3 is 5.32 Å². The number of benzene rings is 2. The lowest BCUT2D eigenvalue weighted by Gasteiger charge is -2.13. The molecule has 150 valence electrons. The third-order valence-corrected chi connectivity index (χ3v) is 3.96. The second-order valence-corrected chi connectivity index (χ2v) is 5.90. The van der Waals surface area contributed by atoms with Crippen molar-refractivity contribution in [3.63, 3.8) is 0 Å². The first-order chi connectivity index (χ1) is 13.6. The summed E-state index contributed by atoms with van der Waals surface area (Å²) in [4.78, 5) is 22.3. The summed E-state index contributed by atoms with van der Waals surface area (Å²) in [6.07, 6.45) is -3.34. The van der Waals surface area contributed by atoms with E-state index in [1.807, 2.05) is 0 Å². The fraction of sp³-hybridized carbons (Fsp3) is 0.111. The number of halogens is 4. The number of nitrogens with zero attached hydrogens (tertiary/aromatic N) is 3. The van der Waals surface area contributed by atoms with Gasteiger partial charge in [-0.3, -0.25) is 14.9 Å². The molecular weight excluding hydrogens is 396 g/mol. The van der Waals surface area contributed by atoms with E-state index in [2.05, 4.69) is 10.4 Å². The summed E-state index contributed by atoms with van der Waals surface area (Å²) < 4.78 is 53.5. The van der Waals surface area contributed by atoms with Crippen LogP contribution in [0.25, 0.3) is 5.69 Å². The molecule has 1 aromatic heterocycles. The molecule has 0 unspecified atom stereocenters. The summed E-state index contributed by atoms with van der Waals surface area (Å²) in [6.45, 7) is -0.474. The lowest BCUT2D eigenvalue weighted by Crippen LogP contribution is -2.25. The molecule has 0 radical (unpaired) electrons. The number of carbonyl (C=O) groups is 1. The molecule has 0 fully saturated rings. The Kier molecular flexibility index (Phi) is 5.31. The SMILES string of the molecule is O=C(NCc1ccc(F)cc1C(F)(F)F)c1ccn(-c2ccc([N+](=O)[O-])cc2)n1. The zero-order valence-electron chi connectivity index (χ0n) is 14.5. The van der Waals surface area contributed by atoms with Crippen molar-refractivity contribution in [2.24, 2.45) is 0 Å². The fourth-order valence-electron chi connectivity index (χ4n) is 2.55. The van der Waals surface area contributed by atoms with Crippen LogP contribution in [0.2, 0.25) is 0 Å². The average Bonchev–Trinajstić information content (AvgIpc) is 3.16. The van der Waals surface area contributed by atoms with E-state index in [1.54, 1.807) is 0 Å². The van der Waals surface area contributed by atoms with Gasteiger partial charge in [0.25, 0.3) is 11.6 Å². The number of amides is 1. The molecule has 0 aliphatic heterocycles. The summed E-state index contributed by atoms with van der Waals surface area (Å²) in [5.41, 5.74) is -1.19. The highest BCUT2D eigenvalue weighted by molar-refractivity contribution is 5.92. The number of hydrogen-bond donors (Lipinski definition) is 1. The van der Waals surface area contributed by atoms with Crippen LogP contribution in [0.15, 0.2) is 54.7 Å². The van der Waals surface area contributed by atoms with Crippen LogP contribution < -0.4 is 5.32 Å². The van der Waals surface area contributed by atoms with Crippen molar-refractivity contribution in [1.29, 1.82) is 0 Å². The van der Waals surface area contributed by atoms with Gasteiger partial charge in [0, 0.05) is 24.9 Å². The maximum atomic E-state index is 13.1. The minimum absolute atomic E-state index is 0.0703. The Bertz CT molecular complexity index is 1060. The molecule has 11 heteroatoms. The second kappa shape index (κ2) is 7.70. The summed E-state index contributed by atoms with van der Waals surface area (Å²) in [5, 5.41) is 17.0. The van der Waals surface area contributed by atoms with Crippen LogP contribution in [0.3, 0.4) is 0 Å². The van der Waals surface area contributed by atoms with Gasteiger partial charge in [-0.05, 0) is 35.9 Å². The number of rotatable bonds is 5. The van der Waals surface area contributed by atoms with Crippen LogP contribution in [0.1, 0.15) is 21.6 Å². The predicted molar refractivity (Wildman–Crippen MR) is 92.8 cm³/mol. The molecule has 1 amide bonds. The molecule has 0 saturated carbocycles. The van der Waals surface area contributed by atoms with Crippen molar-refractivity contribution in [1.82, 2.24) is 15.1 Å². The summed E-state index contributed by atoms with van der Waals surface area (Å²) in [5.74, 6) is -1.77. The Morgan fingerprint density at radius 3 is 2.45 bits per heavy atom. The lowest BCUT2D eigenvalue weighted by atomic mass is 10.1. The first-order valence-electron chi connectivity index (χ1n) is 8.09.